The van der Waals surface area contributed by atoms with E-state index >= 15 is 0 Å². The molecule has 2 heterocycles. The van der Waals surface area contributed by atoms with Gasteiger partial charge >= 0.3 is 0 Å². The molecule has 1 fully saturated rings. The second-order valence-electron chi connectivity index (χ2n) is 8.39. The van der Waals surface area contributed by atoms with Gasteiger partial charge in [-0.15, -0.1) is 0 Å². The van der Waals surface area contributed by atoms with E-state index in [0.717, 1.165) is 63.2 Å². The van der Waals surface area contributed by atoms with E-state index in [1.54, 1.807) is 7.11 Å². The van der Waals surface area contributed by atoms with E-state index in [0.29, 0.717) is 19.0 Å². The highest BCUT2D eigenvalue weighted by Crippen LogP contribution is 2.34. The Balaban J connectivity index is 1.65. The van der Waals surface area contributed by atoms with E-state index < -0.39 is 0 Å². The Kier molecular flexibility index (Phi) is 6.14. The third-order valence-electron chi connectivity index (χ3n) is 6.22. The number of benzene rings is 3. The van der Waals surface area contributed by atoms with Gasteiger partial charge in [0.2, 0.25) is 0 Å². The molecule has 6 nitrogen and oxygen atoms in total. The minimum absolute atomic E-state index is 0.553. The van der Waals surface area contributed by atoms with Crippen LogP contribution in [0.2, 0.25) is 0 Å². The van der Waals surface area contributed by atoms with Crippen molar-refractivity contribution in [2.75, 3.05) is 44.0 Å². The molecule has 0 aliphatic carbocycles. The quantitative estimate of drug-likeness (QED) is 0.340. The van der Waals surface area contributed by atoms with E-state index in [-0.39, 0.29) is 0 Å². The lowest BCUT2D eigenvalue weighted by Crippen LogP contribution is -2.36. The molecule has 4 aromatic rings. The summed E-state index contributed by atoms with van der Waals surface area (Å²) >= 11 is 0. The number of nitrogens with two attached hydrogens (primary N) is 1. The van der Waals surface area contributed by atoms with Crippen molar-refractivity contribution < 1.29 is 9.57 Å². The maximum Gasteiger partial charge on any atom is 0.147 e. The molecule has 3 aromatic carbocycles. The number of morpholine rings is 1. The Morgan fingerprint density at radius 1 is 1.00 bits per heavy atom. The predicted molar refractivity (Wildman–Crippen MR) is 138 cm³/mol. The number of fused-ring (bicyclic) bond motifs is 1. The van der Waals surface area contributed by atoms with Gasteiger partial charge in [0.05, 0.1) is 24.4 Å². The van der Waals surface area contributed by atoms with Crippen molar-refractivity contribution in [1.82, 2.24) is 4.98 Å². The van der Waals surface area contributed by atoms with Gasteiger partial charge in [-0.1, -0.05) is 59.8 Å². The number of hydrogen-bond donors (Lipinski definition) is 1. The van der Waals surface area contributed by atoms with E-state index in [2.05, 4.69) is 53.4 Å². The van der Waals surface area contributed by atoms with Crippen LogP contribution in [0.15, 0.2) is 78.0 Å². The predicted octanol–water partition coefficient (Wildman–Crippen LogP) is 5.03. The number of nitrogen functional groups attached to an aromatic ring is 1. The zero-order valence-electron chi connectivity index (χ0n) is 19.5. The summed E-state index contributed by atoms with van der Waals surface area (Å²) in [5.74, 6) is 0.553. The molecule has 0 spiro atoms. The lowest BCUT2D eigenvalue weighted by Gasteiger charge is -2.29. The van der Waals surface area contributed by atoms with Crippen molar-refractivity contribution in [1.29, 1.82) is 0 Å². The number of ether oxygens (including phenoxy) is 1. The molecule has 6 heteroatoms. The molecule has 0 unspecified atom stereocenters. The normalized spacial score (nSPS) is 14.4. The second kappa shape index (κ2) is 9.53. The van der Waals surface area contributed by atoms with Crippen LogP contribution in [0.4, 0.5) is 11.5 Å². The lowest BCUT2D eigenvalue weighted by molar-refractivity contribution is 0.123. The first-order chi connectivity index (χ1) is 16.7. The standard InChI is InChI=1S/C28H28N4O2/c1-19-7-6-10-23(27(31-33-2)20-8-4-3-5-9-20)26(19)21-11-12-24-22(17-21)18-25(28(29)30-24)32-13-15-34-16-14-32/h3-12,17-18H,13-16H2,1-2H3,(H2,29,30)/b31-27+. The highest BCUT2D eigenvalue weighted by Gasteiger charge is 2.18. The highest BCUT2D eigenvalue weighted by molar-refractivity contribution is 6.16. The number of oxime groups is 1. The molecule has 1 aromatic heterocycles. The van der Waals surface area contributed by atoms with Crippen molar-refractivity contribution in [2.45, 2.75) is 6.92 Å². The van der Waals surface area contributed by atoms with Crippen LogP contribution in [0.5, 0.6) is 0 Å². The average molecular weight is 453 g/mol. The van der Waals surface area contributed by atoms with Crippen LogP contribution in [0.25, 0.3) is 22.0 Å². The van der Waals surface area contributed by atoms with Crippen molar-refractivity contribution in [2.24, 2.45) is 5.16 Å². The fourth-order valence-corrected chi connectivity index (χ4v) is 4.59. The molecule has 0 atom stereocenters. The molecule has 0 radical (unpaired) electrons. The summed E-state index contributed by atoms with van der Waals surface area (Å²) in [5, 5.41) is 5.46. The Labute approximate surface area is 199 Å². The smallest absolute Gasteiger partial charge is 0.147 e. The van der Waals surface area contributed by atoms with Crippen LogP contribution in [0, 0.1) is 6.92 Å². The van der Waals surface area contributed by atoms with Crippen LogP contribution in [0.3, 0.4) is 0 Å². The van der Waals surface area contributed by atoms with E-state index in [1.807, 2.05) is 36.4 Å². The zero-order valence-corrected chi connectivity index (χ0v) is 19.5. The Bertz CT molecular complexity index is 1350. The van der Waals surface area contributed by atoms with Gasteiger partial charge in [-0.3, -0.25) is 0 Å². The molecule has 0 amide bonds. The van der Waals surface area contributed by atoms with Gasteiger partial charge in [-0.2, -0.15) is 0 Å². The molecule has 1 aliphatic rings. The molecule has 172 valence electrons. The molecule has 2 N–H and O–H groups in total. The third-order valence-corrected chi connectivity index (χ3v) is 6.22. The SMILES string of the molecule is CO/N=C(\c1ccccc1)c1cccc(C)c1-c1ccc2nc(N)c(N3CCOCC3)cc2c1. The summed E-state index contributed by atoms with van der Waals surface area (Å²) in [4.78, 5) is 12.2. The minimum Gasteiger partial charge on any atom is -0.399 e. The van der Waals surface area contributed by atoms with Gasteiger partial charge in [0.25, 0.3) is 0 Å². The molecule has 0 saturated carbocycles. The first-order valence-corrected chi connectivity index (χ1v) is 11.5. The van der Waals surface area contributed by atoms with Crippen LogP contribution in [0.1, 0.15) is 16.7 Å². The van der Waals surface area contributed by atoms with Crippen molar-refractivity contribution in [3.05, 3.63) is 89.5 Å². The molecule has 0 bridgehead atoms. The maximum atomic E-state index is 6.33. The van der Waals surface area contributed by atoms with Crippen molar-refractivity contribution in [3.63, 3.8) is 0 Å². The molecular formula is C28H28N4O2. The highest BCUT2D eigenvalue weighted by atomic mass is 16.6. The number of nitrogens with zero attached hydrogens (tertiary/aromatic N) is 3. The van der Waals surface area contributed by atoms with Gasteiger partial charge in [0.1, 0.15) is 18.6 Å². The number of hydrogen-bond acceptors (Lipinski definition) is 6. The van der Waals surface area contributed by atoms with E-state index in [4.69, 9.17) is 20.3 Å². The Hall–Kier alpha value is -3.90. The maximum absolute atomic E-state index is 6.33. The molecule has 34 heavy (non-hydrogen) atoms. The topological polar surface area (TPSA) is 73.0 Å². The Morgan fingerprint density at radius 3 is 2.56 bits per heavy atom. The van der Waals surface area contributed by atoms with Crippen molar-refractivity contribution in [3.8, 4) is 11.1 Å². The average Bonchev–Trinajstić information content (AvgIpc) is 2.87. The molecule has 5 rings (SSSR count). The van der Waals surface area contributed by atoms with Gasteiger partial charge < -0.3 is 20.2 Å². The summed E-state index contributed by atoms with van der Waals surface area (Å²) in [5.41, 5.74) is 14.4. The summed E-state index contributed by atoms with van der Waals surface area (Å²) in [7, 11) is 1.58. The monoisotopic (exact) mass is 452 g/mol. The first-order valence-electron chi connectivity index (χ1n) is 11.5. The fourth-order valence-electron chi connectivity index (χ4n) is 4.59. The van der Waals surface area contributed by atoms with Crippen molar-refractivity contribution >= 4 is 28.1 Å². The summed E-state index contributed by atoms with van der Waals surface area (Å²) < 4.78 is 5.51. The van der Waals surface area contributed by atoms with E-state index in [1.165, 1.54) is 0 Å². The lowest BCUT2D eigenvalue weighted by atomic mass is 9.89. The van der Waals surface area contributed by atoms with Gasteiger partial charge in [-0.25, -0.2) is 4.98 Å². The van der Waals surface area contributed by atoms with Crippen LogP contribution < -0.4 is 10.6 Å². The number of pyridine rings is 1. The van der Waals surface area contributed by atoms with Crippen LogP contribution >= 0.6 is 0 Å². The number of aryl methyl sites for hydroxylation is 1. The first kappa shape index (κ1) is 21.9. The largest absolute Gasteiger partial charge is 0.399 e. The molecular weight excluding hydrogens is 424 g/mol. The molecule has 1 saturated heterocycles. The number of anilines is 2. The Morgan fingerprint density at radius 2 is 1.79 bits per heavy atom. The fraction of sp³-hybridized carbons (Fsp3) is 0.214. The van der Waals surface area contributed by atoms with Crippen LogP contribution in [-0.4, -0.2) is 44.1 Å². The van der Waals surface area contributed by atoms with Gasteiger partial charge in [-0.05, 0) is 41.8 Å². The number of aromatic nitrogens is 1. The summed E-state index contributed by atoms with van der Waals surface area (Å²) in [6.07, 6.45) is 0. The van der Waals surface area contributed by atoms with Crippen LogP contribution in [-0.2, 0) is 9.57 Å². The number of rotatable bonds is 5. The second-order valence-corrected chi connectivity index (χ2v) is 8.39. The van der Waals surface area contributed by atoms with Gasteiger partial charge in [0.15, 0.2) is 0 Å². The zero-order chi connectivity index (χ0) is 23.5. The minimum atomic E-state index is 0.553. The van der Waals surface area contributed by atoms with Gasteiger partial charge in [0, 0.05) is 29.6 Å². The van der Waals surface area contributed by atoms with E-state index in [9.17, 15) is 0 Å². The summed E-state index contributed by atoms with van der Waals surface area (Å²) in [6, 6.07) is 24.9. The third kappa shape index (κ3) is 4.20. The summed E-state index contributed by atoms with van der Waals surface area (Å²) in [6.45, 7) is 5.15. The molecule has 1 aliphatic heterocycles.